The lowest BCUT2D eigenvalue weighted by molar-refractivity contribution is 0.102. The summed E-state index contributed by atoms with van der Waals surface area (Å²) in [5.74, 6) is -0.309. The van der Waals surface area contributed by atoms with Gasteiger partial charge in [-0.3, -0.25) is 9.78 Å². The van der Waals surface area contributed by atoms with Gasteiger partial charge in [-0.15, -0.1) is 0 Å². The van der Waals surface area contributed by atoms with Crippen molar-refractivity contribution in [1.29, 1.82) is 5.26 Å². The fourth-order valence-corrected chi connectivity index (χ4v) is 2.58. The van der Waals surface area contributed by atoms with Gasteiger partial charge in [0.2, 0.25) is 0 Å². The minimum atomic E-state index is -0.309. The summed E-state index contributed by atoms with van der Waals surface area (Å²) in [7, 11) is 1.99. The number of hydrogen-bond acceptors (Lipinski definition) is 5. The largest absolute Gasteiger partial charge is 0.373 e. The molecule has 3 rings (SSSR count). The molecule has 1 amide bonds. The van der Waals surface area contributed by atoms with E-state index in [4.69, 9.17) is 5.26 Å². The van der Waals surface area contributed by atoms with Crippen molar-refractivity contribution in [3.05, 3.63) is 83.9 Å². The van der Waals surface area contributed by atoms with Crippen molar-refractivity contribution in [2.45, 2.75) is 6.42 Å². The topological polar surface area (TPSA) is 81.9 Å². The Labute approximate surface area is 158 Å². The molecular formula is C21H19N5O. The number of nitrogens with zero attached hydrogens (tertiary/aromatic N) is 4. The maximum absolute atomic E-state index is 12.3. The number of aromatic nitrogens is 2. The van der Waals surface area contributed by atoms with Crippen LogP contribution in [0.4, 0.5) is 11.4 Å². The first-order chi connectivity index (χ1) is 13.2. The van der Waals surface area contributed by atoms with Gasteiger partial charge in [0.1, 0.15) is 5.69 Å². The van der Waals surface area contributed by atoms with Crippen LogP contribution in [0.2, 0.25) is 0 Å². The minimum absolute atomic E-state index is 0.309. The molecule has 0 aliphatic rings. The Morgan fingerprint density at radius 2 is 2.00 bits per heavy atom. The molecule has 1 aromatic carbocycles. The lowest BCUT2D eigenvalue weighted by Crippen LogP contribution is -2.21. The average molecular weight is 357 g/mol. The molecule has 0 aliphatic heterocycles. The molecule has 0 unspecified atom stereocenters. The summed E-state index contributed by atoms with van der Waals surface area (Å²) in [6, 6.07) is 16.4. The Kier molecular flexibility index (Phi) is 5.75. The maximum Gasteiger partial charge on any atom is 0.274 e. The van der Waals surface area contributed by atoms with Gasteiger partial charge < -0.3 is 10.2 Å². The molecule has 6 heteroatoms. The fraction of sp³-hybridized carbons (Fsp3) is 0.143. The number of anilines is 2. The smallest absolute Gasteiger partial charge is 0.274 e. The molecule has 0 saturated heterocycles. The van der Waals surface area contributed by atoms with Gasteiger partial charge in [0.15, 0.2) is 0 Å². The number of rotatable bonds is 6. The number of pyridine rings is 2. The minimum Gasteiger partial charge on any atom is -0.373 e. The van der Waals surface area contributed by atoms with Gasteiger partial charge >= 0.3 is 0 Å². The van der Waals surface area contributed by atoms with Gasteiger partial charge in [0.05, 0.1) is 23.5 Å². The Morgan fingerprint density at radius 3 is 2.70 bits per heavy atom. The van der Waals surface area contributed by atoms with Crippen molar-refractivity contribution in [1.82, 2.24) is 9.97 Å². The first-order valence-corrected chi connectivity index (χ1v) is 8.53. The molecule has 0 saturated carbocycles. The molecule has 2 aromatic heterocycles. The van der Waals surface area contributed by atoms with Gasteiger partial charge in [0, 0.05) is 31.7 Å². The molecular weight excluding hydrogens is 338 g/mol. The Bertz CT molecular complexity index is 948. The van der Waals surface area contributed by atoms with Crippen molar-refractivity contribution < 1.29 is 4.79 Å². The third-order valence-corrected chi connectivity index (χ3v) is 4.16. The van der Waals surface area contributed by atoms with Crippen LogP contribution in [-0.4, -0.2) is 29.5 Å². The average Bonchev–Trinajstić information content (AvgIpc) is 2.73. The Balaban J connectivity index is 1.60. The molecule has 0 spiro atoms. The zero-order chi connectivity index (χ0) is 19.1. The first kappa shape index (κ1) is 18.1. The molecule has 6 nitrogen and oxygen atoms in total. The van der Waals surface area contributed by atoms with E-state index in [1.165, 1.54) is 5.56 Å². The molecule has 0 aliphatic carbocycles. The van der Waals surface area contributed by atoms with E-state index in [0.717, 1.165) is 18.7 Å². The SMILES string of the molecule is CN(CCc1ccncc1)c1ccc(C(=O)Nc2cccc(C#N)c2)nc1. The highest BCUT2D eigenvalue weighted by Gasteiger charge is 2.09. The van der Waals surface area contributed by atoms with E-state index in [2.05, 4.69) is 20.2 Å². The van der Waals surface area contributed by atoms with Crippen LogP contribution in [0.15, 0.2) is 67.1 Å². The highest BCUT2D eigenvalue weighted by Crippen LogP contribution is 2.14. The fourth-order valence-electron chi connectivity index (χ4n) is 2.58. The second-order valence-electron chi connectivity index (χ2n) is 6.08. The molecule has 0 bridgehead atoms. The van der Waals surface area contributed by atoms with E-state index >= 15 is 0 Å². The number of benzene rings is 1. The predicted molar refractivity (Wildman–Crippen MR) is 105 cm³/mol. The highest BCUT2D eigenvalue weighted by atomic mass is 16.1. The molecule has 27 heavy (non-hydrogen) atoms. The highest BCUT2D eigenvalue weighted by molar-refractivity contribution is 6.03. The first-order valence-electron chi connectivity index (χ1n) is 8.53. The van der Waals surface area contributed by atoms with Gasteiger partial charge in [-0.25, -0.2) is 4.98 Å². The van der Waals surface area contributed by atoms with Gasteiger partial charge in [-0.05, 0) is 54.4 Å². The molecule has 0 fully saturated rings. The number of amides is 1. The standard InChI is InChI=1S/C21H19N5O/c1-26(12-9-16-7-10-23-11-8-16)19-5-6-20(24-15-19)21(27)25-18-4-2-3-17(13-18)14-22/h2-8,10-11,13,15H,9,12H2,1H3,(H,25,27). The summed E-state index contributed by atoms with van der Waals surface area (Å²) < 4.78 is 0. The van der Waals surface area contributed by atoms with Crippen molar-refractivity contribution in [3.63, 3.8) is 0 Å². The van der Waals surface area contributed by atoms with Gasteiger partial charge in [-0.1, -0.05) is 6.07 Å². The van der Waals surface area contributed by atoms with Crippen LogP contribution in [0.5, 0.6) is 0 Å². The van der Waals surface area contributed by atoms with Crippen LogP contribution >= 0.6 is 0 Å². The second kappa shape index (κ2) is 8.59. The number of carbonyl (C=O) groups excluding carboxylic acids is 1. The quantitative estimate of drug-likeness (QED) is 0.732. The molecule has 0 atom stereocenters. The van der Waals surface area contributed by atoms with Crippen LogP contribution in [0, 0.1) is 11.3 Å². The van der Waals surface area contributed by atoms with Gasteiger partial charge in [0.25, 0.3) is 5.91 Å². The number of carbonyl (C=O) groups is 1. The number of likely N-dealkylation sites (N-methyl/N-ethyl adjacent to an activating group) is 1. The Morgan fingerprint density at radius 1 is 1.19 bits per heavy atom. The van der Waals surface area contributed by atoms with Crippen molar-refractivity contribution in [2.75, 3.05) is 23.8 Å². The molecule has 1 N–H and O–H groups in total. The summed E-state index contributed by atoms with van der Waals surface area (Å²) in [6.45, 7) is 0.832. The molecule has 134 valence electrons. The van der Waals surface area contributed by atoms with Crippen LogP contribution in [0.25, 0.3) is 0 Å². The number of nitriles is 1. The van der Waals surface area contributed by atoms with E-state index in [-0.39, 0.29) is 5.91 Å². The lowest BCUT2D eigenvalue weighted by atomic mass is 10.2. The molecule has 2 heterocycles. The zero-order valence-corrected chi connectivity index (χ0v) is 15.0. The van der Waals surface area contributed by atoms with Crippen molar-refractivity contribution >= 4 is 17.3 Å². The summed E-state index contributed by atoms with van der Waals surface area (Å²) in [6.07, 6.45) is 6.16. The molecule has 0 radical (unpaired) electrons. The maximum atomic E-state index is 12.3. The van der Waals surface area contributed by atoms with Crippen LogP contribution in [0.1, 0.15) is 21.6 Å². The normalized spacial score (nSPS) is 10.1. The van der Waals surface area contributed by atoms with Crippen LogP contribution < -0.4 is 10.2 Å². The zero-order valence-electron chi connectivity index (χ0n) is 15.0. The lowest BCUT2D eigenvalue weighted by Gasteiger charge is -2.19. The number of nitrogens with one attached hydrogen (secondary N) is 1. The summed E-state index contributed by atoms with van der Waals surface area (Å²) in [4.78, 5) is 22.7. The predicted octanol–water partition coefficient (Wildman–Crippen LogP) is 3.28. The van der Waals surface area contributed by atoms with E-state index < -0.39 is 0 Å². The third-order valence-electron chi connectivity index (χ3n) is 4.16. The van der Waals surface area contributed by atoms with Crippen LogP contribution in [-0.2, 0) is 6.42 Å². The van der Waals surface area contributed by atoms with E-state index in [0.29, 0.717) is 16.9 Å². The van der Waals surface area contributed by atoms with Crippen molar-refractivity contribution in [2.24, 2.45) is 0 Å². The number of hydrogen-bond donors (Lipinski definition) is 1. The monoisotopic (exact) mass is 357 g/mol. The van der Waals surface area contributed by atoms with E-state index in [1.54, 1.807) is 48.9 Å². The van der Waals surface area contributed by atoms with E-state index in [1.807, 2.05) is 31.3 Å². The van der Waals surface area contributed by atoms with E-state index in [9.17, 15) is 4.79 Å². The summed E-state index contributed by atoms with van der Waals surface area (Å²) in [5.41, 5.74) is 3.54. The van der Waals surface area contributed by atoms with Crippen LogP contribution in [0.3, 0.4) is 0 Å². The van der Waals surface area contributed by atoms with Gasteiger partial charge in [-0.2, -0.15) is 5.26 Å². The second-order valence-corrected chi connectivity index (χ2v) is 6.08. The summed E-state index contributed by atoms with van der Waals surface area (Å²) >= 11 is 0. The third kappa shape index (κ3) is 4.89. The summed E-state index contributed by atoms with van der Waals surface area (Å²) in [5, 5.41) is 11.7. The van der Waals surface area contributed by atoms with Crippen molar-refractivity contribution in [3.8, 4) is 6.07 Å². The Hall–Kier alpha value is -3.72. The molecule has 3 aromatic rings.